The van der Waals surface area contributed by atoms with Gasteiger partial charge in [0, 0.05) is 6.04 Å². The molecule has 3 nitrogen and oxygen atoms in total. The van der Waals surface area contributed by atoms with E-state index < -0.39 is 0 Å². The number of benzene rings is 2. The van der Waals surface area contributed by atoms with Crippen LogP contribution in [0.5, 0.6) is 11.5 Å². The van der Waals surface area contributed by atoms with Gasteiger partial charge in [-0.1, -0.05) is 42.8 Å². The fraction of sp³-hybridized carbons (Fsp3) is 0.333. The molecule has 0 radical (unpaired) electrons. The normalized spacial score (nSPS) is 14.2. The maximum atomic E-state index is 5.49. The maximum absolute atomic E-state index is 5.49. The van der Waals surface area contributed by atoms with Crippen LogP contribution in [-0.2, 0) is 6.42 Å². The van der Waals surface area contributed by atoms with Crippen LogP contribution >= 0.6 is 0 Å². The lowest BCUT2D eigenvalue weighted by atomic mass is 9.97. The Morgan fingerprint density at radius 1 is 1.10 bits per heavy atom. The number of hydrogen-bond donors (Lipinski definition) is 1. The Morgan fingerprint density at radius 3 is 2.76 bits per heavy atom. The average Bonchev–Trinajstić information content (AvgIpc) is 2.94. The molecule has 0 bridgehead atoms. The third kappa shape index (κ3) is 3.19. The minimum absolute atomic E-state index is 0.284. The molecule has 1 N–H and O–H groups in total. The SMILES string of the molecule is CCNC(Cc1cccc(C)c1)c1ccc2c(c1)OCO2. The lowest BCUT2D eigenvalue weighted by Gasteiger charge is -2.19. The first-order valence-corrected chi connectivity index (χ1v) is 7.44. The van der Waals surface area contributed by atoms with Gasteiger partial charge in [0.15, 0.2) is 11.5 Å². The van der Waals surface area contributed by atoms with Gasteiger partial charge < -0.3 is 14.8 Å². The van der Waals surface area contributed by atoms with E-state index in [4.69, 9.17) is 9.47 Å². The van der Waals surface area contributed by atoms with Gasteiger partial charge in [-0.25, -0.2) is 0 Å². The summed E-state index contributed by atoms with van der Waals surface area (Å²) >= 11 is 0. The van der Waals surface area contributed by atoms with Gasteiger partial charge in [-0.15, -0.1) is 0 Å². The van der Waals surface area contributed by atoms with E-state index in [1.54, 1.807) is 0 Å². The molecule has 0 amide bonds. The Labute approximate surface area is 125 Å². The van der Waals surface area contributed by atoms with Crippen molar-refractivity contribution in [2.75, 3.05) is 13.3 Å². The first kappa shape index (κ1) is 14.0. The van der Waals surface area contributed by atoms with Gasteiger partial charge in [0.25, 0.3) is 0 Å². The second kappa shape index (κ2) is 6.19. The Morgan fingerprint density at radius 2 is 1.95 bits per heavy atom. The number of ether oxygens (including phenoxy) is 2. The fourth-order valence-corrected chi connectivity index (χ4v) is 2.76. The van der Waals surface area contributed by atoms with Gasteiger partial charge in [-0.05, 0) is 43.1 Å². The van der Waals surface area contributed by atoms with E-state index in [0.717, 1.165) is 24.5 Å². The number of hydrogen-bond acceptors (Lipinski definition) is 3. The van der Waals surface area contributed by atoms with Gasteiger partial charge in [0.1, 0.15) is 0 Å². The zero-order valence-electron chi connectivity index (χ0n) is 12.6. The van der Waals surface area contributed by atoms with Crippen LogP contribution in [0.3, 0.4) is 0 Å². The molecule has 1 unspecified atom stereocenters. The molecule has 1 aliphatic rings. The zero-order valence-corrected chi connectivity index (χ0v) is 12.6. The lowest BCUT2D eigenvalue weighted by molar-refractivity contribution is 0.174. The molecule has 2 aromatic carbocycles. The van der Waals surface area contributed by atoms with Gasteiger partial charge in [0.05, 0.1) is 0 Å². The van der Waals surface area contributed by atoms with E-state index in [1.807, 2.05) is 6.07 Å². The molecule has 1 heterocycles. The van der Waals surface area contributed by atoms with Crippen LogP contribution in [0, 0.1) is 6.92 Å². The van der Waals surface area contributed by atoms with Crippen molar-refractivity contribution in [2.24, 2.45) is 0 Å². The first-order valence-electron chi connectivity index (χ1n) is 7.44. The molecule has 0 fully saturated rings. The summed E-state index contributed by atoms with van der Waals surface area (Å²) in [4.78, 5) is 0. The standard InChI is InChI=1S/C18H21NO2/c1-3-19-16(10-14-6-4-5-13(2)9-14)15-7-8-17-18(11-15)21-12-20-17/h4-9,11,16,19H,3,10,12H2,1-2H3. The van der Waals surface area contributed by atoms with Crippen LogP contribution in [0.15, 0.2) is 42.5 Å². The first-order chi connectivity index (χ1) is 10.3. The van der Waals surface area contributed by atoms with Gasteiger partial charge >= 0.3 is 0 Å². The second-order valence-corrected chi connectivity index (χ2v) is 5.42. The summed E-state index contributed by atoms with van der Waals surface area (Å²) in [5, 5.41) is 3.56. The van der Waals surface area contributed by atoms with Crippen molar-refractivity contribution in [1.82, 2.24) is 5.32 Å². The molecule has 21 heavy (non-hydrogen) atoms. The highest BCUT2D eigenvalue weighted by Crippen LogP contribution is 2.34. The molecule has 0 saturated carbocycles. The van der Waals surface area contributed by atoms with Crippen LogP contribution in [0.2, 0.25) is 0 Å². The Kier molecular flexibility index (Phi) is 4.11. The van der Waals surface area contributed by atoms with E-state index in [0.29, 0.717) is 6.79 Å². The molecular formula is C18H21NO2. The largest absolute Gasteiger partial charge is 0.454 e. The summed E-state index contributed by atoms with van der Waals surface area (Å²) in [5.41, 5.74) is 3.88. The third-order valence-corrected chi connectivity index (χ3v) is 3.77. The topological polar surface area (TPSA) is 30.5 Å². The monoisotopic (exact) mass is 283 g/mol. The molecule has 3 rings (SSSR count). The molecule has 1 aliphatic heterocycles. The van der Waals surface area contributed by atoms with Crippen molar-refractivity contribution < 1.29 is 9.47 Å². The molecule has 2 aromatic rings. The zero-order chi connectivity index (χ0) is 14.7. The minimum atomic E-state index is 0.284. The molecule has 1 atom stereocenters. The van der Waals surface area contributed by atoms with E-state index in [1.165, 1.54) is 16.7 Å². The van der Waals surface area contributed by atoms with Crippen LogP contribution in [0.4, 0.5) is 0 Å². The van der Waals surface area contributed by atoms with Crippen molar-refractivity contribution in [3.63, 3.8) is 0 Å². The van der Waals surface area contributed by atoms with Gasteiger partial charge in [0.2, 0.25) is 6.79 Å². The summed E-state index contributed by atoms with van der Waals surface area (Å²) in [6.45, 7) is 5.52. The molecule has 110 valence electrons. The Bertz CT molecular complexity index is 624. The van der Waals surface area contributed by atoms with Crippen LogP contribution in [0.1, 0.15) is 29.7 Å². The lowest BCUT2D eigenvalue weighted by Crippen LogP contribution is -2.23. The fourth-order valence-electron chi connectivity index (χ4n) is 2.76. The van der Waals surface area contributed by atoms with Crippen molar-refractivity contribution in [3.05, 3.63) is 59.2 Å². The van der Waals surface area contributed by atoms with Gasteiger partial charge in [-0.3, -0.25) is 0 Å². The van der Waals surface area contributed by atoms with Crippen LogP contribution in [-0.4, -0.2) is 13.3 Å². The highest BCUT2D eigenvalue weighted by atomic mass is 16.7. The number of likely N-dealkylation sites (N-methyl/N-ethyl adjacent to an activating group) is 1. The summed E-state index contributed by atoms with van der Waals surface area (Å²) in [6.07, 6.45) is 0.967. The van der Waals surface area contributed by atoms with Crippen molar-refractivity contribution >= 4 is 0 Å². The van der Waals surface area contributed by atoms with Crippen molar-refractivity contribution in [3.8, 4) is 11.5 Å². The molecule has 0 aliphatic carbocycles. The third-order valence-electron chi connectivity index (χ3n) is 3.77. The molecule has 0 aromatic heterocycles. The summed E-state index contributed by atoms with van der Waals surface area (Å²) in [7, 11) is 0. The van der Waals surface area contributed by atoms with Crippen molar-refractivity contribution in [1.29, 1.82) is 0 Å². The van der Waals surface area contributed by atoms with E-state index >= 15 is 0 Å². The predicted molar refractivity (Wildman–Crippen MR) is 83.9 cm³/mol. The predicted octanol–water partition coefficient (Wildman–Crippen LogP) is 3.62. The molecule has 0 spiro atoms. The smallest absolute Gasteiger partial charge is 0.231 e. The van der Waals surface area contributed by atoms with E-state index in [9.17, 15) is 0 Å². The van der Waals surface area contributed by atoms with Crippen LogP contribution < -0.4 is 14.8 Å². The molecule has 0 saturated heterocycles. The Balaban J connectivity index is 1.84. The number of fused-ring (bicyclic) bond motifs is 1. The second-order valence-electron chi connectivity index (χ2n) is 5.42. The van der Waals surface area contributed by atoms with Crippen LogP contribution in [0.25, 0.3) is 0 Å². The highest BCUT2D eigenvalue weighted by Gasteiger charge is 2.17. The Hall–Kier alpha value is -2.00. The van der Waals surface area contributed by atoms with Crippen molar-refractivity contribution in [2.45, 2.75) is 26.3 Å². The molecular weight excluding hydrogens is 262 g/mol. The number of aryl methyl sites for hydroxylation is 1. The summed E-state index contributed by atoms with van der Waals surface area (Å²) in [5.74, 6) is 1.68. The summed E-state index contributed by atoms with van der Waals surface area (Å²) < 4.78 is 10.9. The number of rotatable bonds is 5. The van der Waals surface area contributed by atoms with Gasteiger partial charge in [-0.2, -0.15) is 0 Å². The number of nitrogens with one attached hydrogen (secondary N) is 1. The average molecular weight is 283 g/mol. The molecule has 3 heteroatoms. The minimum Gasteiger partial charge on any atom is -0.454 e. The van der Waals surface area contributed by atoms with E-state index in [2.05, 4.69) is 55.6 Å². The quantitative estimate of drug-likeness (QED) is 0.909. The van der Waals surface area contributed by atoms with E-state index in [-0.39, 0.29) is 6.04 Å². The highest BCUT2D eigenvalue weighted by molar-refractivity contribution is 5.45. The maximum Gasteiger partial charge on any atom is 0.231 e. The summed E-state index contributed by atoms with van der Waals surface area (Å²) in [6, 6.07) is 15.2.